The van der Waals surface area contributed by atoms with Crippen molar-refractivity contribution in [2.24, 2.45) is 0 Å². The summed E-state index contributed by atoms with van der Waals surface area (Å²) in [6.07, 6.45) is 1.98. The number of nitrogens with zero attached hydrogens (tertiary/aromatic N) is 1. The maximum atomic E-state index is 12.8. The summed E-state index contributed by atoms with van der Waals surface area (Å²) in [4.78, 5) is 13.9. The number of thioether (sulfide) groups is 1. The molecule has 1 saturated heterocycles. The first kappa shape index (κ1) is 19.9. The minimum Gasteiger partial charge on any atom is -0.379 e. The number of hydrogen-bond acceptors (Lipinski definition) is 5. The molecule has 2 aromatic carbocycles. The van der Waals surface area contributed by atoms with Crippen LogP contribution in [0.1, 0.15) is 15.9 Å². The first-order valence-corrected chi connectivity index (χ1v) is 11.2. The molecule has 8 heteroatoms. The van der Waals surface area contributed by atoms with Crippen LogP contribution in [-0.4, -0.2) is 51.2 Å². The Kier molecular flexibility index (Phi) is 6.21. The first-order chi connectivity index (χ1) is 12.9. The van der Waals surface area contributed by atoms with Gasteiger partial charge in [-0.05, 0) is 55.1 Å². The number of anilines is 1. The molecule has 1 amide bonds. The molecule has 27 heavy (non-hydrogen) atoms. The Hall–Kier alpha value is -1.87. The van der Waals surface area contributed by atoms with Crippen LogP contribution in [0.25, 0.3) is 0 Å². The highest BCUT2D eigenvalue weighted by Gasteiger charge is 2.27. The predicted octanol–water partition coefficient (Wildman–Crippen LogP) is 2.99. The first-order valence-electron chi connectivity index (χ1n) is 8.56. The van der Waals surface area contributed by atoms with Crippen LogP contribution < -0.4 is 5.32 Å². The number of carbonyl (C=O) groups excluding carboxylic acids is 1. The molecule has 0 aromatic heterocycles. The minimum absolute atomic E-state index is 0.123. The molecule has 0 atom stereocenters. The summed E-state index contributed by atoms with van der Waals surface area (Å²) < 4.78 is 32.3. The van der Waals surface area contributed by atoms with Crippen LogP contribution in [0, 0.1) is 6.92 Å². The topological polar surface area (TPSA) is 75.7 Å². The Morgan fingerprint density at radius 3 is 2.41 bits per heavy atom. The summed E-state index contributed by atoms with van der Waals surface area (Å²) in [6.45, 7) is 3.19. The van der Waals surface area contributed by atoms with Crippen molar-refractivity contribution in [1.82, 2.24) is 4.31 Å². The van der Waals surface area contributed by atoms with E-state index in [1.165, 1.54) is 10.4 Å². The molecule has 1 fully saturated rings. The maximum absolute atomic E-state index is 12.8. The quantitative estimate of drug-likeness (QED) is 0.773. The Morgan fingerprint density at radius 1 is 1.11 bits per heavy atom. The van der Waals surface area contributed by atoms with Crippen molar-refractivity contribution in [2.45, 2.75) is 16.7 Å². The number of ether oxygens (including phenoxy) is 1. The van der Waals surface area contributed by atoms with Crippen molar-refractivity contribution in [3.63, 3.8) is 0 Å². The Morgan fingerprint density at radius 2 is 1.78 bits per heavy atom. The third-order valence-electron chi connectivity index (χ3n) is 4.41. The van der Waals surface area contributed by atoms with Gasteiger partial charge in [0.25, 0.3) is 5.91 Å². The van der Waals surface area contributed by atoms with Crippen molar-refractivity contribution < 1.29 is 17.9 Å². The van der Waals surface area contributed by atoms with Gasteiger partial charge in [-0.25, -0.2) is 8.42 Å². The van der Waals surface area contributed by atoms with Crippen LogP contribution in [-0.2, 0) is 14.8 Å². The largest absolute Gasteiger partial charge is 0.379 e. The van der Waals surface area contributed by atoms with E-state index in [0.717, 1.165) is 4.90 Å². The second kappa shape index (κ2) is 8.43. The fourth-order valence-electron chi connectivity index (χ4n) is 2.82. The van der Waals surface area contributed by atoms with Crippen LogP contribution in [0.15, 0.2) is 52.3 Å². The standard InChI is InChI=1S/C19H22N2O4S2/c1-14-3-8-17(27(23,24)21-9-11-25-12-10-21)13-18(14)19(22)20-15-4-6-16(26-2)7-5-15/h3-8,13H,9-12H2,1-2H3,(H,20,22). The lowest BCUT2D eigenvalue weighted by molar-refractivity contribution is 0.0730. The van der Waals surface area contributed by atoms with Gasteiger partial charge in [-0.15, -0.1) is 11.8 Å². The Labute approximate surface area is 164 Å². The molecular weight excluding hydrogens is 384 g/mol. The van der Waals surface area contributed by atoms with Crippen molar-refractivity contribution in [1.29, 1.82) is 0 Å². The number of carbonyl (C=O) groups is 1. The highest BCUT2D eigenvalue weighted by atomic mass is 32.2. The van der Waals surface area contributed by atoms with Gasteiger partial charge in [-0.1, -0.05) is 6.07 Å². The highest BCUT2D eigenvalue weighted by Crippen LogP contribution is 2.22. The number of amides is 1. The Balaban J connectivity index is 1.84. The molecule has 0 saturated carbocycles. The van der Waals surface area contributed by atoms with Gasteiger partial charge in [-0.2, -0.15) is 4.31 Å². The number of nitrogens with one attached hydrogen (secondary N) is 1. The predicted molar refractivity (Wildman–Crippen MR) is 107 cm³/mol. The number of hydrogen-bond donors (Lipinski definition) is 1. The molecule has 1 aliphatic heterocycles. The fraction of sp³-hybridized carbons (Fsp3) is 0.316. The molecule has 3 rings (SSSR count). The molecule has 0 radical (unpaired) electrons. The van der Waals surface area contributed by atoms with E-state index < -0.39 is 10.0 Å². The molecule has 0 aliphatic carbocycles. The molecule has 1 heterocycles. The van der Waals surface area contributed by atoms with Gasteiger partial charge < -0.3 is 10.1 Å². The zero-order chi connectivity index (χ0) is 19.4. The monoisotopic (exact) mass is 406 g/mol. The summed E-state index contributed by atoms with van der Waals surface area (Å²) >= 11 is 1.62. The van der Waals surface area contributed by atoms with E-state index in [4.69, 9.17) is 4.74 Å². The third-order valence-corrected chi connectivity index (χ3v) is 7.05. The van der Waals surface area contributed by atoms with E-state index in [1.54, 1.807) is 30.8 Å². The zero-order valence-electron chi connectivity index (χ0n) is 15.3. The van der Waals surface area contributed by atoms with E-state index in [0.29, 0.717) is 43.1 Å². The summed E-state index contributed by atoms with van der Waals surface area (Å²) in [5.74, 6) is -0.330. The zero-order valence-corrected chi connectivity index (χ0v) is 16.9. The molecule has 1 N–H and O–H groups in total. The lowest BCUT2D eigenvalue weighted by Gasteiger charge is -2.26. The van der Waals surface area contributed by atoms with Gasteiger partial charge in [0.15, 0.2) is 0 Å². The normalized spacial score (nSPS) is 15.5. The van der Waals surface area contributed by atoms with Crippen molar-refractivity contribution >= 4 is 33.4 Å². The molecule has 6 nitrogen and oxygen atoms in total. The number of morpholine rings is 1. The van der Waals surface area contributed by atoms with E-state index in [-0.39, 0.29) is 10.8 Å². The fourth-order valence-corrected chi connectivity index (χ4v) is 4.66. The smallest absolute Gasteiger partial charge is 0.255 e. The van der Waals surface area contributed by atoms with Crippen LogP contribution in [0.2, 0.25) is 0 Å². The van der Waals surface area contributed by atoms with Crippen LogP contribution in [0.3, 0.4) is 0 Å². The van der Waals surface area contributed by atoms with Gasteiger partial charge in [0.05, 0.1) is 18.1 Å². The van der Waals surface area contributed by atoms with E-state index >= 15 is 0 Å². The molecule has 0 bridgehead atoms. The maximum Gasteiger partial charge on any atom is 0.255 e. The number of aryl methyl sites for hydroxylation is 1. The number of benzene rings is 2. The molecular formula is C19H22N2O4S2. The Bertz CT molecular complexity index is 921. The summed E-state index contributed by atoms with van der Waals surface area (Å²) in [7, 11) is -3.65. The van der Waals surface area contributed by atoms with Gasteiger partial charge >= 0.3 is 0 Å². The van der Waals surface area contributed by atoms with Gasteiger partial charge in [-0.3, -0.25) is 4.79 Å². The van der Waals surface area contributed by atoms with Crippen molar-refractivity contribution in [2.75, 3.05) is 37.9 Å². The lowest BCUT2D eigenvalue weighted by atomic mass is 10.1. The SMILES string of the molecule is CSc1ccc(NC(=O)c2cc(S(=O)(=O)N3CCOCC3)ccc2C)cc1. The second-order valence-electron chi connectivity index (χ2n) is 6.18. The highest BCUT2D eigenvalue weighted by molar-refractivity contribution is 7.98. The van der Waals surface area contributed by atoms with Gasteiger partial charge in [0, 0.05) is 29.2 Å². The van der Waals surface area contributed by atoms with E-state index in [1.807, 2.05) is 30.5 Å². The third kappa shape index (κ3) is 4.52. The molecule has 0 unspecified atom stereocenters. The summed E-state index contributed by atoms with van der Waals surface area (Å²) in [5, 5.41) is 2.83. The van der Waals surface area contributed by atoms with Gasteiger partial charge in [0.2, 0.25) is 10.0 Å². The van der Waals surface area contributed by atoms with Crippen LogP contribution >= 0.6 is 11.8 Å². The molecule has 144 valence electrons. The minimum atomic E-state index is -3.65. The van der Waals surface area contributed by atoms with Crippen LogP contribution in [0.4, 0.5) is 5.69 Å². The summed E-state index contributed by atoms with van der Waals surface area (Å²) in [6, 6.07) is 12.2. The molecule has 0 spiro atoms. The van der Waals surface area contributed by atoms with E-state index in [9.17, 15) is 13.2 Å². The van der Waals surface area contributed by atoms with E-state index in [2.05, 4.69) is 5.32 Å². The van der Waals surface area contributed by atoms with Crippen LogP contribution in [0.5, 0.6) is 0 Å². The number of sulfonamides is 1. The van der Waals surface area contributed by atoms with Crippen molar-refractivity contribution in [3.8, 4) is 0 Å². The molecule has 2 aromatic rings. The number of rotatable bonds is 5. The molecule has 1 aliphatic rings. The average molecular weight is 407 g/mol. The van der Waals surface area contributed by atoms with Crippen molar-refractivity contribution in [3.05, 3.63) is 53.6 Å². The summed E-state index contributed by atoms with van der Waals surface area (Å²) in [5.41, 5.74) is 1.73. The van der Waals surface area contributed by atoms with Gasteiger partial charge in [0.1, 0.15) is 0 Å². The average Bonchev–Trinajstić information content (AvgIpc) is 2.69. The lowest BCUT2D eigenvalue weighted by Crippen LogP contribution is -2.40. The second-order valence-corrected chi connectivity index (χ2v) is 8.99.